The first-order valence-electron chi connectivity index (χ1n) is 6.22. The SMILES string of the molecule is CCOP(=O)(COCc1cccc(OC)c1)OCC. The van der Waals surface area contributed by atoms with E-state index in [0.29, 0.717) is 19.8 Å². The molecule has 0 bridgehead atoms. The van der Waals surface area contributed by atoms with E-state index in [-0.39, 0.29) is 6.35 Å². The van der Waals surface area contributed by atoms with Gasteiger partial charge in [-0.15, -0.1) is 0 Å². The van der Waals surface area contributed by atoms with Crippen molar-refractivity contribution in [3.63, 3.8) is 0 Å². The molecule has 0 saturated heterocycles. The second-order valence-corrected chi connectivity index (χ2v) is 5.77. The topological polar surface area (TPSA) is 54.0 Å². The van der Waals surface area contributed by atoms with Gasteiger partial charge in [-0.25, -0.2) is 0 Å². The highest BCUT2D eigenvalue weighted by molar-refractivity contribution is 7.53. The van der Waals surface area contributed by atoms with Crippen molar-refractivity contribution in [1.82, 2.24) is 0 Å². The molecule has 0 aromatic heterocycles. The lowest BCUT2D eigenvalue weighted by Gasteiger charge is -2.16. The standard InChI is InChI=1S/C13H21O5P/c1-4-17-19(14,18-5-2)11-16-10-12-7-6-8-13(9-12)15-3/h6-9H,4-5,10-11H2,1-3H3. The molecule has 0 N–H and O–H groups in total. The van der Waals surface area contributed by atoms with Crippen LogP contribution in [0.15, 0.2) is 24.3 Å². The fraction of sp³-hybridized carbons (Fsp3) is 0.538. The van der Waals surface area contributed by atoms with Gasteiger partial charge in [0.2, 0.25) is 0 Å². The van der Waals surface area contributed by atoms with Gasteiger partial charge in [0.15, 0.2) is 0 Å². The van der Waals surface area contributed by atoms with E-state index >= 15 is 0 Å². The number of ether oxygens (including phenoxy) is 2. The molecule has 0 atom stereocenters. The van der Waals surface area contributed by atoms with Gasteiger partial charge < -0.3 is 18.5 Å². The smallest absolute Gasteiger partial charge is 0.356 e. The predicted molar refractivity (Wildman–Crippen MR) is 73.5 cm³/mol. The summed E-state index contributed by atoms with van der Waals surface area (Å²) in [5, 5.41) is 0. The molecule has 0 unspecified atom stereocenters. The maximum absolute atomic E-state index is 12.1. The Balaban J connectivity index is 2.49. The molecule has 5 nitrogen and oxygen atoms in total. The van der Waals surface area contributed by atoms with E-state index in [1.54, 1.807) is 21.0 Å². The summed E-state index contributed by atoms with van der Waals surface area (Å²) in [7, 11) is -1.52. The lowest BCUT2D eigenvalue weighted by atomic mass is 10.2. The van der Waals surface area contributed by atoms with Gasteiger partial charge in [0.1, 0.15) is 12.1 Å². The first-order valence-corrected chi connectivity index (χ1v) is 7.95. The maximum atomic E-state index is 12.1. The zero-order valence-corrected chi connectivity index (χ0v) is 12.5. The molecule has 0 aliphatic rings. The van der Waals surface area contributed by atoms with E-state index in [2.05, 4.69) is 0 Å². The van der Waals surface area contributed by atoms with Crippen LogP contribution < -0.4 is 4.74 Å². The van der Waals surface area contributed by atoms with Crippen molar-refractivity contribution in [3.05, 3.63) is 29.8 Å². The van der Waals surface area contributed by atoms with Crippen molar-refractivity contribution in [2.75, 3.05) is 26.7 Å². The summed E-state index contributed by atoms with van der Waals surface area (Å²) in [6.45, 7) is 4.54. The van der Waals surface area contributed by atoms with Gasteiger partial charge in [-0.3, -0.25) is 4.57 Å². The third-order valence-corrected chi connectivity index (χ3v) is 4.11. The van der Waals surface area contributed by atoms with Crippen LogP contribution in [0.4, 0.5) is 0 Å². The second-order valence-electron chi connectivity index (χ2n) is 3.78. The van der Waals surface area contributed by atoms with E-state index in [4.69, 9.17) is 18.5 Å². The first kappa shape index (κ1) is 16.2. The van der Waals surface area contributed by atoms with Gasteiger partial charge in [-0.2, -0.15) is 0 Å². The minimum Gasteiger partial charge on any atom is -0.497 e. The number of hydrogen-bond acceptors (Lipinski definition) is 5. The summed E-state index contributed by atoms with van der Waals surface area (Å²) in [6, 6.07) is 7.51. The highest BCUT2D eigenvalue weighted by Crippen LogP contribution is 2.47. The average molecular weight is 288 g/mol. The quantitative estimate of drug-likeness (QED) is 0.651. The van der Waals surface area contributed by atoms with Crippen LogP contribution in [0.2, 0.25) is 0 Å². The van der Waals surface area contributed by atoms with E-state index < -0.39 is 7.60 Å². The summed E-state index contributed by atoms with van der Waals surface area (Å²) in [5.74, 6) is 0.763. The van der Waals surface area contributed by atoms with Gasteiger partial charge in [0.05, 0.1) is 26.9 Å². The fourth-order valence-corrected chi connectivity index (χ4v) is 2.87. The van der Waals surface area contributed by atoms with Gasteiger partial charge in [0.25, 0.3) is 0 Å². The maximum Gasteiger partial charge on any atom is 0.356 e. The number of methoxy groups -OCH3 is 1. The Bertz CT molecular complexity index is 411. The number of rotatable bonds is 9. The van der Waals surface area contributed by atoms with Crippen molar-refractivity contribution in [1.29, 1.82) is 0 Å². The summed E-state index contributed by atoms with van der Waals surface area (Å²) in [4.78, 5) is 0. The highest BCUT2D eigenvalue weighted by atomic mass is 31.2. The van der Waals surface area contributed by atoms with Crippen molar-refractivity contribution in [2.24, 2.45) is 0 Å². The predicted octanol–water partition coefficient (Wildman–Crippen LogP) is 3.44. The molecule has 108 valence electrons. The first-order chi connectivity index (χ1) is 9.13. The van der Waals surface area contributed by atoms with Crippen LogP contribution in [0.5, 0.6) is 5.75 Å². The lowest BCUT2D eigenvalue weighted by Crippen LogP contribution is -2.03. The molecule has 0 fully saturated rings. The zero-order chi connectivity index (χ0) is 14.1. The molecular formula is C13H21O5P. The lowest BCUT2D eigenvalue weighted by molar-refractivity contribution is 0.123. The van der Waals surface area contributed by atoms with Crippen LogP contribution >= 0.6 is 7.60 Å². The molecule has 1 aromatic rings. The molecule has 0 aliphatic carbocycles. The number of hydrogen-bond donors (Lipinski definition) is 0. The number of benzene rings is 1. The van der Waals surface area contributed by atoms with Gasteiger partial charge in [-0.1, -0.05) is 12.1 Å². The summed E-state index contributed by atoms with van der Waals surface area (Å²) >= 11 is 0. The van der Waals surface area contributed by atoms with Crippen molar-refractivity contribution in [2.45, 2.75) is 20.5 Å². The Morgan fingerprint density at radius 2 is 1.84 bits per heavy atom. The molecule has 0 heterocycles. The second kappa shape index (κ2) is 8.33. The Hall–Kier alpha value is -0.870. The summed E-state index contributed by atoms with van der Waals surface area (Å²) in [6.07, 6.45) is -0.0497. The van der Waals surface area contributed by atoms with Crippen LogP contribution in [0.3, 0.4) is 0 Å². The highest BCUT2D eigenvalue weighted by Gasteiger charge is 2.23. The minimum absolute atomic E-state index is 0.0497. The molecule has 0 amide bonds. The molecule has 1 rings (SSSR count). The Morgan fingerprint density at radius 3 is 2.42 bits per heavy atom. The summed E-state index contributed by atoms with van der Waals surface area (Å²) < 4.78 is 32.9. The van der Waals surface area contributed by atoms with E-state index in [9.17, 15) is 4.57 Å². The Labute approximate surface area is 114 Å². The molecule has 1 aromatic carbocycles. The third-order valence-electron chi connectivity index (χ3n) is 2.30. The Kier molecular flexibility index (Phi) is 7.10. The van der Waals surface area contributed by atoms with Gasteiger partial charge >= 0.3 is 7.60 Å². The molecule has 0 radical (unpaired) electrons. The Morgan fingerprint density at radius 1 is 1.16 bits per heavy atom. The van der Waals surface area contributed by atoms with Crippen LogP contribution in [-0.4, -0.2) is 26.7 Å². The normalized spacial score (nSPS) is 11.5. The van der Waals surface area contributed by atoms with E-state index in [1.165, 1.54) is 0 Å². The van der Waals surface area contributed by atoms with Gasteiger partial charge in [0, 0.05) is 0 Å². The monoisotopic (exact) mass is 288 g/mol. The molecule has 0 saturated carbocycles. The van der Waals surface area contributed by atoms with Crippen LogP contribution in [-0.2, 0) is 25.0 Å². The fourth-order valence-electron chi connectivity index (χ4n) is 1.54. The van der Waals surface area contributed by atoms with Crippen LogP contribution in [0.25, 0.3) is 0 Å². The van der Waals surface area contributed by atoms with Crippen molar-refractivity contribution in [3.8, 4) is 5.75 Å². The minimum atomic E-state index is -3.13. The average Bonchev–Trinajstić information content (AvgIpc) is 2.39. The molecule has 0 spiro atoms. The molecule has 19 heavy (non-hydrogen) atoms. The van der Waals surface area contributed by atoms with E-state index in [0.717, 1.165) is 11.3 Å². The van der Waals surface area contributed by atoms with Crippen molar-refractivity contribution < 1.29 is 23.1 Å². The largest absolute Gasteiger partial charge is 0.497 e. The molecule has 6 heteroatoms. The third kappa shape index (κ3) is 5.74. The van der Waals surface area contributed by atoms with Crippen LogP contribution in [0, 0.1) is 0 Å². The van der Waals surface area contributed by atoms with Gasteiger partial charge in [-0.05, 0) is 31.5 Å². The van der Waals surface area contributed by atoms with E-state index in [1.807, 2.05) is 24.3 Å². The van der Waals surface area contributed by atoms with Crippen molar-refractivity contribution >= 4 is 7.60 Å². The molecule has 0 aliphatic heterocycles. The molecular weight excluding hydrogens is 267 g/mol. The summed E-state index contributed by atoms with van der Waals surface area (Å²) in [5.41, 5.74) is 0.943. The zero-order valence-electron chi connectivity index (χ0n) is 11.6. The van der Waals surface area contributed by atoms with Crippen LogP contribution in [0.1, 0.15) is 19.4 Å².